The van der Waals surface area contributed by atoms with Crippen LogP contribution in [0.25, 0.3) is 0 Å². The molecule has 0 aromatic heterocycles. The Kier molecular flexibility index (Phi) is 3.92. The summed E-state index contributed by atoms with van der Waals surface area (Å²) in [6.07, 6.45) is 4.18. The van der Waals surface area contributed by atoms with Gasteiger partial charge in [-0.2, -0.15) is 0 Å². The zero-order valence-electron chi connectivity index (χ0n) is 14.1. The molecule has 112 valence electrons. The first-order chi connectivity index (χ1) is 9.07. The highest BCUT2D eigenvalue weighted by Gasteiger charge is 2.51. The predicted octanol–water partition coefficient (Wildman–Crippen LogP) is 5.37. The van der Waals surface area contributed by atoms with Crippen molar-refractivity contribution in [3.63, 3.8) is 0 Å². The lowest BCUT2D eigenvalue weighted by molar-refractivity contribution is -0.117. The minimum absolute atomic E-state index is 0.272. The van der Waals surface area contributed by atoms with Crippen LogP contribution in [0.2, 0.25) is 25.2 Å². The molecule has 1 saturated carbocycles. The Balaban J connectivity index is 2.54. The largest absolute Gasteiger partial charge is 0.295 e. The minimum atomic E-state index is -1.26. The summed E-state index contributed by atoms with van der Waals surface area (Å²) in [7, 11) is -1.26. The first-order valence-corrected chi connectivity index (χ1v) is 11.5. The van der Waals surface area contributed by atoms with E-state index in [2.05, 4.69) is 47.0 Å². The normalized spacial score (nSPS) is 35.0. The molecular formula is C18H30OSi. The lowest BCUT2D eigenvalue weighted by Gasteiger charge is -2.53. The number of rotatable bonds is 2. The lowest BCUT2D eigenvalue weighted by Crippen LogP contribution is -2.47. The molecule has 0 spiro atoms. The van der Waals surface area contributed by atoms with Crippen LogP contribution in [-0.4, -0.2) is 13.9 Å². The van der Waals surface area contributed by atoms with Crippen LogP contribution in [0.5, 0.6) is 0 Å². The fourth-order valence-corrected chi connectivity index (χ4v) is 7.86. The third kappa shape index (κ3) is 2.47. The SMILES string of the molecule is C=C(C)[C@H]1CC2=C(C)C(=O)CC[C@@]2(C)[C@H]([Si](C)(C)C)C1. The molecule has 0 N–H and O–H groups in total. The van der Waals surface area contributed by atoms with E-state index < -0.39 is 8.07 Å². The summed E-state index contributed by atoms with van der Waals surface area (Å²) < 4.78 is 0. The Bertz CT molecular complexity index is 480. The highest BCUT2D eigenvalue weighted by Crippen LogP contribution is 2.60. The van der Waals surface area contributed by atoms with Crippen LogP contribution in [0.3, 0.4) is 0 Å². The number of Topliss-reactive ketones (excluding diaryl/α,β-unsaturated/α-hetero) is 1. The predicted molar refractivity (Wildman–Crippen MR) is 89.7 cm³/mol. The quantitative estimate of drug-likeness (QED) is 0.494. The van der Waals surface area contributed by atoms with Gasteiger partial charge < -0.3 is 0 Å². The van der Waals surface area contributed by atoms with Crippen molar-refractivity contribution in [3.05, 3.63) is 23.3 Å². The van der Waals surface area contributed by atoms with Crippen molar-refractivity contribution >= 4 is 13.9 Å². The standard InChI is InChI=1S/C18H30OSi/c1-12(2)14-10-15-13(3)16(19)8-9-18(15,4)17(11-14)20(5,6)7/h14,17H,1,8-11H2,2-7H3/t14-,17+,18+/m0/s1. The summed E-state index contributed by atoms with van der Waals surface area (Å²) in [4.78, 5) is 12.2. The van der Waals surface area contributed by atoms with Crippen LogP contribution in [0.1, 0.15) is 46.5 Å². The Hall–Kier alpha value is -0.633. The maximum Gasteiger partial charge on any atom is 0.158 e. The maximum absolute atomic E-state index is 12.2. The van der Waals surface area contributed by atoms with Crippen molar-refractivity contribution in [2.24, 2.45) is 11.3 Å². The molecule has 20 heavy (non-hydrogen) atoms. The zero-order chi connectivity index (χ0) is 15.3. The Morgan fingerprint density at radius 2 is 1.95 bits per heavy atom. The monoisotopic (exact) mass is 290 g/mol. The Morgan fingerprint density at radius 3 is 2.45 bits per heavy atom. The highest BCUT2D eigenvalue weighted by atomic mass is 28.3. The molecule has 0 aliphatic heterocycles. The molecule has 0 amide bonds. The van der Waals surface area contributed by atoms with Gasteiger partial charge in [-0.05, 0) is 55.6 Å². The molecule has 2 aliphatic rings. The first kappa shape index (κ1) is 15.8. The molecule has 0 aromatic rings. The second-order valence-electron chi connectivity index (χ2n) is 8.35. The van der Waals surface area contributed by atoms with Gasteiger partial charge in [0.1, 0.15) is 0 Å². The van der Waals surface area contributed by atoms with Crippen molar-refractivity contribution in [1.82, 2.24) is 0 Å². The minimum Gasteiger partial charge on any atom is -0.295 e. The zero-order valence-corrected chi connectivity index (χ0v) is 15.1. The molecule has 0 radical (unpaired) electrons. The molecule has 0 heterocycles. The maximum atomic E-state index is 12.2. The lowest BCUT2D eigenvalue weighted by atomic mass is 9.60. The molecule has 2 aliphatic carbocycles. The summed E-state index contributed by atoms with van der Waals surface area (Å²) in [5, 5.41) is 0. The summed E-state index contributed by atoms with van der Waals surface area (Å²) in [5.41, 5.74) is 4.89. The number of carbonyl (C=O) groups is 1. The van der Waals surface area contributed by atoms with Crippen molar-refractivity contribution in [1.29, 1.82) is 0 Å². The van der Waals surface area contributed by atoms with E-state index in [-0.39, 0.29) is 5.41 Å². The molecule has 1 nitrogen and oxygen atoms in total. The van der Waals surface area contributed by atoms with Crippen LogP contribution < -0.4 is 0 Å². The van der Waals surface area contributed by atoms with Gasteiger partial charge in [0, 0.05) is 14.5 Å². The molecule has 0 saturated heterocycles. The molecule has 2 rings (SSSR count). The van der Waals surface area contributed by atoms with Gasteiger partial charge in [0.05, 0.1) is 0 Å². The number of hydrogen-bond donors (Lipinski definition) is 0. The number of ketones is 1. The van der Waals surface area contributed by atoms with E-state index in [1.54, 1.807) is 0 Å². The number of fused-ring (bicyclic) bond motifs is 1. The van der Waals surface area contributed by atoms with E-state index in [4.69, 9.17) is 0 Å². The van der Waals surface area contributed by atoms with E-state index in [0.717, 1.165) is 30.4 Å². The van der Waals surface area contributed by atoms with Gasteiger partial charge in [-0.1, -0.05) is 44.3 Å². The summed E-state index contributed by atoms with van der Waals surface area (Å²) >= 11 is 0. The molecular weight excluding hydrogens is 260 g/mol. The number of allylic oxidation sites excluding steroid dienone is 3. The van der Waals surface area contributed by atoms with E-state index in [9.17, 15) is 4.79 Å². The highest BCUT2D eigenvalue weighted by molar-refractivity contribution is 6.77. The molecule has 2 heteroatoms. The van der Waals surface area contributed by atoms with Gasteiger partial charge in [-0.25, -0.2) is 0 Å². The second-order valence-corrected chi connectivity index (χ2v) is 13.8. The van der Waals surface area contributed by atoms with Crippen molar-refractivity contribution in [2.45, 2.75) is 71.6 Å². The van der Waals surface area contributed by atoms with Crippen LogP contribution in [-0.2, 0) is 4.79 Å². The van der Waals surface area contributed by atoms with Crippen LogP contribution in [0.4, 0.5) is 0 Å². The summed E-state index contributed by atoms with van der Waals surface area (Å²) in [6.45, 7) is 18.4. The molecule has 3 atom stereocenters. The molecule has 1 fully saturated rings. The van der Waals surface area contributed by atoms with Crippen molar-refractivity contribution < 1.29 is 4.79 Å². The second kappa shape index (κ2) is 4.98. The third-order valence-electron chi connectivity index (χ3n) is 5.91. The fourth-order valence-electron chi connectivity index (χ4n) is 4.64. The van der Waals surface area contributed by atoms with Gasteiger partial charge in [0.25, 0.3) is 0 Å². The van der Waals surface area contributed by atoms with E-state index in [1.807, 2.05) is 0 Å². The Labute approximate surface area is 125 Å². The fraction of sp³-hybridized carbons (Fsp3) is 0.722. The van der Waals surface area contributed by atoms with Gasteiger partial charge in [0.15, 0.2) is 5.78 Å². The Morgan fingerprint density at radius 1 is 1.35 bits per heavy atom. The molecule has 0 unspecified atom stereocenters. The van der Waals surface area contributed by atoms with Gasteiger partial charge in [-0.15, -0.1) is 0 Å². The van der Waals surface area contributed by atoms with Crippen LogP contribution >= 0.6 is 0 Å². The van der Waals surface area contributed by atoms with Crippen molar-refractivity contribution in [2.75, 3.05) is 0 Å². The van der Waals surface area contributed by atoms with E-state index >= 15 is 0 Å². The van der Waals surface area contributed by atoms with Gasteiger partial charge >= 0.3 is 0 Å². The number of hydrogen-bond acceptors (Lipinski definition) is 1. The summed E-state index contributed by atoms with van der Waals surface area (Å²) in [6, 6.07) is 0. The van der Waals surface area contributed by atoms with E-state index in [1.165, 1.54) is 17.6 Å². The van der Waals surface area contributed by atoms with Gasteiger partial charge in [0.2, 0.25) is 0 Å². The average molecular weight is 291 g/mol. The molecule has 0 aromatic carbocycles. The van der Waals surface area contributed by atoms with Gasteiger partial charge in [-0.3, -0.25) is 4.79 Å². The van der Waals surface area contributed by atoms with Crippen LogP contribution in [0, 0.1) is 11.3 Å². The smallest absolute Gasteiger partial charge is 0.158 e. The first-order valence-electron chi connectivity index (χ1n) is 7.96. The number of carbonyl (C=O) groups excluding carboxylic acids is 1. The molecule has 0 bridgehead atoms. The van der Waals surface area contributed by atoms with E-state index in [0.29, 0.717) is 11.7 Å². The topological polar surface area (TPSA) is 17.1 Å². The van der Waals surface area contributed by atoms with Crippen molar-refractivity contribution in [3.8, 4) is 0 Å². The average Bonchev–Trinajstić information content (AvgIpc) is 2.32. The summed E-state index contributed by atoms with van der Waals surface area (Å²) in [5.74, 6) is 0.963. The third-order valence-corrected chi connectivity index (χ3v) is 8.88. The van der Waals surface area contributed by atoms with Crippen LogP contribution in [0.15, 0.2) is 23.3 Å².